The lowest BCUT2D eigenvalue weighted by Crippen LogP contribution is -2.42. The van der Waals surface area contributed by atoms with Crippen LogP contribution in [0.2, 0.25) is 0 Å². The molecule has 86 valence electrons. The maximum absolute atomic E-state index is 11.8. The summed E-state index contributed by atoms with van der Waals surface area (Å²) in [4.78, 5) is 21.3. The second-order valence-corrected chi connectivity index (χ2v) is 2.77. The van der Waals surface area contributed by atoms with Gasteiger partial charge in [0.05, 0.1) is 0 Å². The Balaban J connectivity index is 2.52. The van der Waals surface area contributed by atoms with Gasteiger partial charge in [-0.2, -0.15) is 13.2 Å². The van der Waals surface area contributed by atoms with Crippen LogP contribution in [0.5, 0.6) is 0 Å². The number of rotatable bonds is 1. The molecule has 4 nitrogen and oxygen atoms in total. The van der Waals surface area contributed by atoms with Crippen molar-refractivity contribution in [1.82, 2.24) is 5.32 Å². The van der Waals surface area contributed by atoms with E-state index in [2.05, 4.69) is 5.32 Å². The zero-order chi connectivity index (χ0) is 12.2. The molecule has 0 spiro atoms. The number of nitrogens with one attached hydrogen (secondary N) is 2. The third kappa shape index (κ3) is 3.60. The number of anilines is 1. The molecule has 0 heterocycles. The minimum absolute atomic E-state index is 0.287. The Hall–Kier alpha value is -2.05. The van der Waals surface area contributed by atoms with E-state index in [1.165, 1.54) is 12.1 Å². The average Bonchev–Trinajstić information content (AvgIpc) is 2.17. The molecule has 0 saturated heterocycles. The number of hydrogen-bond acceptors (Lipinski definition) is 2. The summed E-state index contributed by atoms with van der Waals surface area (Å²) in [6.45, 7) is 0. The second kappa shape index (κ2) is 4.65. The van der Waals surface area contributed by atoms with Gasteiger partial charge in [0.2, 0.25) is 0 Å². The van der Waals surface area contributed by atoms with E-state index in [-0.39, 0.29) is 5.69 Å². The maximum Gasteiger partial charge on any atom is 0.471 e. The molecular formula is C9H7F3N2O2. The molecule has 0 atom stereocenters. The quantitative estimate of drug-likeness (QED) is 0.776. The zero-order valence-corrected chi connectivity index (χ0v) is 7.84. The fourth-order valence-electron chi connectivity index (χ4n) is 0.858. The van der Waals surface area contributed by atoms with E-state index in [1.54, 1.807) is 18.2 Å². The lowest BCUT2D eigenvalue weighted by Gasteiger charge is -2.08. The minimum Gasteiger partial charge on any atom is -0.308 e. The lowest BCUT2D eigenvalue weighted by molar-refractivity contribution is -0.172. The summed E-state index contributed by atoms with van der Waals surface area (Å²) in [5.74, 6) is -2.30. The molecule has 0 aliphatic carbocycles. The summed E-state index contributed by atoms with van der Waals surface area (Å²) in [6.07, 6.45) is -5.08. The summed E-state index contributed by atoms with van der Waals surface area (Å²) in [6, 6.07) is 6.55. The normalized spacial score (nSPS) is 10.7. The molecule has 0 fully saturated rings. The summed E-state index contributed by atoms with van der Waals surface area (Å²) in [7, 11) is 0. The van der Waals surface area contributed by atoms with Gasteiger partial charge in [-0.1, -0.05) is 18.2 Å². The Kier molecular flexibility index (Phi) is 3.49. The van der Waals surface area contributed by atoms with Gasteiger partial charge in [0, 0.05) is 5.69 Å². The van der Waals surface area contributed by atoms with Crippen LogP contribution in [0.25, 0.3) is 0 Å². The van der Waals surface area contributed by atoms with Crippen LogP contribution in [0.3, 0.4) is 0 Å². The molecule has 1 aromatic carbocycles. The van der Waals surface area contributed by atoms with Gasteiger partial charge in [-0.05, 0) is 12.1 Å². The minimum atomic E-state index is -5.08. The molecule has 1 rings (SSSR count). The van der Waals surface area contributed by atoms with Crippen molar-refractivity contribution in [2.45, 2.75) is 6.18 Å². The monoisotopic (exact) mass is 232 g/mol. The third-order valence-electron chi connectivity index (χ3n) is 1.52. The topological polar surface area (TPSA) is 58.2 Å². The van der Waals surface area contributed by atoms with Crippen molar-refractivity contribution in [2.24, 2.45) is 0 Å². The summed E-state index contributed by atoms with van der Waals surface area (Å²) < 4.78 is 35.3. The van der Waals surface area contributed by atoms with E-state index < -0.39 is 18.1 Å². The van der Waals surface area contributed by atoms with Crippen LogP contribution in [-0.4, -0.2) is 18.1 Å². The van der Waals surface area contributed by atoms with Crippen molar-refractivity contribution in [3.63, 3.8) is 0 Å². The van der Waals surface area contributed by atoms with Crippen LogP contribution >= 0.6 is 0 Å². The molecule has 0 bridgehead atoms. The van der Waals surface area contributed by atoms with Gasteiger partial charge in [-0.3, -0.25) is 10.1 Å². The molecule has 0 unspecified atom stereocenters. The molecule has 16 heavy (non-hydrogen) atoms. The Morgan fingerprint density at radius 2 is 1.62 bits per heavy atom. The Morgan fingerprint density at radius 3 is 2.12 bits per heavy atom. The number of urea groups is 1. The average molecular weight is 232 g/mol. The van der Waals surface area contributed by atoms with Crippen LogP contribution < -0.4 is 10.6 Å². The molecule has 7 heteroatoms. The molecule has 0 saturated carbocycles. The van der Waals surface area contributed by atoms with E-state index in [0.29, 0.717) is 0 Å². The van der Waals surface area contributed by atoms with Crippen molar-refractivity contribution in [2.75, 3.05) is 5.32 Å². The molecule has 3 amide bonds. The SMILES string of the molecule is O=C(NC(=O)C(F)(F)F)Nc1ccccc1. The molecule has 2 N–H and O–H groups in total. The van der Waals surface area contributed by atoms with Crippen LogP contribution in [-0.2, 0) is 4.79 Å². The number of benzene rings is 1. The van der Waals surface area contributed by atoms with Gasteiger partial charge in [0.1, 0.15) is 0 Å². The fourth-order valence-corrected chi connectivity index (χ4v) is 0.858. The molecular weight excluding hydrogens is 225 g/mol. The van der Waals surface area contributed by atoms with E-state index in [9.17, 15) is 22.8 Å². The number of carbonyl (C=O) groups excluding carboxylic acids is 2. The first-order valence-corrected chi connectivity index (χ1v) is 4.14. The van der Waals surface area contributed by atoms with E-state index in [1.807, 2.05) is 0 Å². The first-order chi connectivity index (χ1) is 7.39. The van der Waals surface area contributed by atoms with E-state index >= 15 is 0 Å². The number of hydrogen-bond donors (Lipinski definition) is 2. The number of carbonyl (C=O) groups is 2. The molecule has 0 aromatic heterocycles. The van der Waals surface area contributed by atoms with Crippen LogP contribution in [0.1, 0.15) is 0 Å². The smallest absolute Gasteiger partial charge is 0.308 e. The van der Waals surface area contributed by atoms with Gasteiger partial charge in [-0.15, -0.1) is 0 Å². The summed E-state index contributed by atoms with van der Waals surface area (Å²) >= 11 is 0. The number of halogens is 3. The molecule has 1 aromatic rings. The summed E-state index contributed by atoms with van der Waals surface area (Å²) in [5, 5.41) is 3.23. The number of para-hydroxylation sites is 1. The van der Waals surface area contributed by atoms with Crippen LogP contribution in [0, 0.1) is 0 Å². The highest BCUT2D eigenvalue weighted by molar-refractivity contribution is 6.02. The second-order valence-electron chi connectivity index (χ2n) is 2.77. The van der Waals surface area contributed by atoms with E-state index in [4.69, 9.17) is 0 Å². The summed E-state index contributed by atoms with van der Waals surface area (Å²) in [5.41, 5.74) is 0.287. The van der Waals surface area contributed by atoms with E-state index in [0.717, 1.165) is 5.32 Å². The van der Waals surface area contributed by atoms with Gasteiger partial charge in [0.25, 0.3) is 0 Å². The van der Waals surface area contributed by atoms with Crippen molar-refractivity contribution in [1.29, 1.82) is 0 Å². The van der Waals surface area contributed by atoms with Crippen LogP contribution in [0.15, 0.2) is 30.3 Å². The Bertz CT molecular complexity index is 389. The Labute approximate surface area is 88.4 Å². The molecule has 0 aliphatic rings. The maximum atomic E-state index is 11.8. The number of amides is 3. The zero-order valence-electron chi connectivity index (χ0n) is 7.84. The van der Waals surface area contributed by atoms with Gasteiger partial charge in [-0.25, -0.2) is 4.79 Å². The lowest BCUT2D eigenvalue weighted by atomic mass is 10.3. The van der Waals surface area contributed by atoms with Crippen molar-refractivity contribution < 1.29 is 22.8 Å². The molecule has 0 radical (unpaired) electrons. The highest BCUT2D eigenvalue weighted by atomic mass is 19.4. The number of alkyl halides is 3. The van der Waals surface area contributed by atoms with Gasteiger partial charge in [0.15, 0.2) is 0 Å². The molecule has 0 aliphatic heterocycles. The van der Waals surface area contributed by atoms with Crippen LogP contribution in [0.4, 0.5) is 23.7 Å². The standard InChI is InChI=1S/C9H7F3N2O2/c10-9(11,12)7(15)14-8(16)13-6-4-2-1-3-5-6/h1-5H,(H2,13,14,15,16). The van der Waals surface area contributed by atoms with Gasteiger partial charge >= 0.3 is 18.1 Å². The predicted molar refractivity (Wildman–Crippen MR) is 49.7 cm³/mol. The highest BCUT2D eigenvalue weighted by Gasteiger charge is 2.39. The van der Waals surface area contributed by atoms with Crippen molar-refractivity contribution >= 4 is 17.6 Å². The van der Waals surface area contributed by atoms with Crippen molar-refractivity contribution in [3.8, 4) is 0 Å². The first-order valence-electron chi connectivity index (χ1n) is 4.14. The van der Waals surface area contributed by atoms with Gasteiger partial charge < -0.3 is 5.32 Å². The fraction of sp³-hybridized carbons (Fsp3) is 0.111. The predicted octanol–water partition coefficient (Wildman–Crippen LogP) is 1.90. The van der Waals surface area contributed by atoms with Crippen molar-refractivity contribution in [3.05, 3.63) is 30.3 Å². The number of imide groups is 1. The Morgan fingerprint density at radius 1 is 1.06 bits per heavy atom. The third-order valence-corrected chi connectivity index (χ3v) is 1.52. The highest BCUT2D eigenvalue weighted by Crippen LogP contribution is 2.14. The first kappa shape index (κ1) is 12.0. The largest absolute Gasteiger partial charge is 0.471 e.